The quantitative estimate of drug-likeness (QED) is 0.851. The zero-order valence-corrected chi connectivity index (χ0v) is 11.3. The molecule has 0 aliphatic heterocycles. The second-order valence-corrected chi connectivity index (χ2v) is 5.38. The summed E-state index contributed by atoms with van der Waals surface area (Å²) in [6.07, 6.45) is 0.946. The van der Waals surface area contributed by atoms with E-state index in [0.717, 1.165) is 23.8 Å². The molecule has 1 aromatic rings. The summed E-state index contributed by atoms with van der Waals surface area (Å²) in [5, 5.41) is 3.45. The van der Waals surface area contributed by atoms with Gasteiger partial charge < -0.3 is 5.32 Å². The van der Waals surface area contributed by atoms with Gasteiger partial charge in [0.25, 0.3) is 0 Å². The van der Waals surface area contributed by atoms with Gasteiger partial charge in [-0.1, -0.05) is 27.7 Å². The van der Waals surface area contributed by atoms with Gasteiger partial charge >= 0.3 is 0 Å². The van der Waals surface area contributed by atoms with E-state index < -0.39 is 0 Å². The number of anilines is 1. The molecule has 0 saturated carbocycles. The van der Waals surface area contributed by atoms with Gasteiger partial charge in [0.1, 0.15) is 11.6 Å². The molecule has 0 fully saturated rings. The van der Waals surface area contributed by atoms with Crippen molar-refractivity contribution in [3.8, 4) is 0 Å². The van der Waals surface area contributed by atoms with E-state index in [1.54, 1.807) is 0 Å². The second-order valence-electron chi connectivity index (χ2n) is 5.38. The maximum atomic E-state index is 4.41. The van der Waals surface area contributed by atoms with Crippen LogP contribution in [0.3, 0.4) is 0 Å². The van der Waals surface area contributed by atoms with Crippen molar-refractivity contribution in [2.24, 2.45) is 5.41 Å². The van der Waals surface area contributed by atoms with Crippen molar-refractivity contribution in [1.29, 1.82) is 0 Å². The summed E-state index contributed by atoms with van der Waals surface area (Å²) in [6.45, 7) is 12.9. The summed E-state index contributed by atoms with van der Waals surface area (Å²) in [5.74, 6) is 1.77. The molecular formula is C13H23N3. The SMILES string of the molecule is CCc1cc(NC(C)C(C)(C)C)nc(C)n1. The van der Waals surface area contributed by atoms with Crippen molar-refractivity contribution in [2.45, 2.75) is 54.0 Å². The third kappa shape index (κ3) is 3.47. The molecule has 1 heterocycles. The van der Waals surface area contributed by atoms with Gasteiger partial charge in [0.2, 0.25) is 0 Å². The summed E-state index contributed by atoms with van der Waals surface area (Å²) >= 11 is 0. The Labute approximate surface area is 98.7 Å². The van der Waals surface area contributed by atoms with Crippen LogP contribution in [0.2, 0.25) is 0 Å². The summed E-state index contributed by atoms with van der Waals surface area (Å²) < 4.78 is 0. The number of aromatic nitrogens is 2. The van der Waals surface area contributed by atoms with Crippen molar-refractivity contribution in [3.63, 3.8) is 0 Å². The van der Waals surface area contributed by atoms with Gasteiger partial charge in [0, 0.05) is 17.8 Å². The average Bonchev–Trinajstić information content (AvgIpc) is 2.15. The molecule has 1 N–H and O–H groups in total. The number of aryl methyl sites for hydroxylation is 2. The Hall–Kier alpha value is -1.12. The highest BCUT2D eigenvalue weighted by Gasteiger charge is 2.20. The Kier molecular flexibility index (Phi) is 3.89. The average molecular weight is 221 g/mol. The first-order valence-electron chi connectivity index (χ1n) is 5.94. The Morgan fingerprint density at radius 2 is 1.94 bits per heavy atom. The van der Waals surface area contributed by atoms with Crippen molar-refractivity contribution >= 4 is 5.82 Å². The molecule has 1 rings (SSSR count). The predicted octanol–water partition coefficient (Wildman–Crippen LogP) is 3.19. The van der Waals surface area contributed by atoms with E-state index in [9.17, 15) is 0 Å². The van der Waals surface area contributed by atoms with E-state index >= 15 is 0 Å². The number of rotatable bonds is 3. The maximum absolute atomic E-state index is 4.41. The highest BCUT2D eigenvalue weighted by atomic mass is 15.1. The van der Waals surface area contributed by atoms with E-state index in [-0.39, 0.29) is 5.41 Å². The molecule has 90 valence electrons. The first-order chi connectivity index (χ1) is 7.32. The largest absolute Gasteiger partial charge is 0.367 e. The third-order valence-electron chi connectivity index (χ3n) is 2.92. The molecule has 0 saturated heterocycles. The first-order valence-corrected chi connectivity index (χ1v) is 5.94. The fourth-order valence-electron chi connectivity index (χ4n) is 1.32. The zero-order chi connectivity index (χ0) is 12.3. The van der Waals surface area contributed by atoms with Crippen molar-refractivity contribution < 1.29 is 0 Å². The molecule has 3 nitrogen and oxygen atoms in total. The molecule has 0 aromatic carbocycles. The van der Waals surface area contributed by atoms with E-state index in [4.69, 9.17) is 0 Å². The van der Waals surface area contributed by atoms with Gasteiger partial charge in [0.15, 0.2) is 0 Å². The summed E-state index contributed by atoms with van der Waals surface area (Å²) in [5.41, 5.74) is 1.32. The van der Waals surface area contributed by atoms with Crippen LogP contribution in [0.5, 0.6) is 0 Å². The number of nitrogens with one attached hydrogen (secondary N) is 1. The minimum absolute atomic E-state index is 0.227. The smallest absolute Gasteiger partial charge is 0.130 e. The van der Waals surface area contributed by atoms with E-state index in [2.05, 4.69) is 49.9 Å². The molecule has 0 aliphatic rings. The van der Waals surface area contributed by atoms with Crippen LogP contribution in [0.15, 0.2) is 6.07 Å². The minimum Gasteiger partial charge on any atom is -0.367 e. The summed E-state index contributed by atoms with van der Waals surface area (Å²) in [4.78, 5) is 8.78. The van der Waals surface area contributed by atoms with Crippen LogP contribution in [-0.2, 0) is 6.42 Å². The Bertz CT molecular complexity index is 353. The standard InChI is InChI=1S/C13H23N3/c1-7-11-8-12(16-10(3)15-11)14-9(2)13(4,5)6/h8-9H,7H2,1-6H3,(H,14,15,16). The van der Waals surface area contributed by atoms with Gasteiger partial charge in [-0.05, 0) is 25.7 Å². The lowest BCUT2D eigenvalue weighted by Gasteiger charge is -2.28. The van der Waals surface area contributed by atoms with Crippen LogP contribution in [0.1, 0.15) is 46.1 Å². The van der Waals surface area contributed by atoms with Crippen LogP contribution in [0.25, 0.3) is 0 Å². The van der Waals surface area contributed by atoms with E-state index in [1.807, 2.05) is 13.0 Å². The van der Waals surface area contributed by atoms with Gasteiger partial charge in [-0.15, -0.1) is 0 Å². The summed E-state index contributed by atoms with van der Waals surface area (Å²) in [6, 6.07) is 2.42. The highest BCUT2D eigenvalue weighted by Crippen LogP contribution is 2.22. The zero-order valence-electron chi connectivity index (χ0n) is 11.3. The molecule has 3 heteroatoms. The molecule has 1 unspecified atom stereocenters. The first kappa shape index (κ1) is 12.9. The normalized spacial score (nSPS) is 13.6. The number of nitrogens with zero attached hydrogens (tertiary/aromatic N) is 2. The monoisotopic (exact) mass is 221 g/mol. The lowest BCUT2D eigenvalue weighted by Crippen LogP contribution is -2.31. The number of hydrogen-bond acceptors (Lipinski definition) is 3. The molecule has 1 aromatic heterocycles. The molecular weight excluding hydrogens is 198 g/mol. The van der Waals surface area contributed by atoms with Crippen LogP contribution in [0.4, 0.5) is 5.82 Å². The minimum atomic E-state index is 0.227. The Morgan fingerprint density at radius 1 is 1.31 bits per heavy atom. The molecule has 0 radical (unpaired) electrons. The van der Waals surface area contributed by atoms with Crippen LogP contribution in [-0.4, -0.2) is 16.0 Å². The van der Waals surface area contributed by atoms with Gasteiger partial charge in [-0.3, -0.25) is 0 Å². The Morgan fingerprint density at radius 3 is 2.44 bits per heavy atom. The fraction of sp³-hybridized carbons (Fsp3) is 0.692. The van der Waals surface area contributed by atoms with Crippen molar-refractivity contribution in [1.82, 2.24) is 9.97 Å². The molecule has 0 amide bonds. The van der Waals surface area contributed by atoms with Gasteiger partial charge in [-0.2, -0.15) is 0 Å². The molecule has 1 atom stereocenters. The highest BCUT2D eigenvalue weighted by molar-refractivity contribution is 5.37. The van der Waals surface area contributed by atoms with Crippen LogP contribution in [0, 0.1) is 12.3 Å². The van der Waals surface area contributed by atoms with Gasteiger partial charge in [-0.25, -0.2) is 9.97 Å². The third-order valence-corrected chi connectivity index (χ3v) is 2.92. The van der Waals surface area contributed by atoms with Crippen LogP contribution >= 0.6 is 0 Å². The Balaban J connectivity index is 2.85. The van der Waals surface area contributed by atoms with Crippen molar-refractivity contribution in [2.75, 3.05) is 5.32 Å². The van der Waals surface area contributed by atoms with E-state index in [0.29, 0.717) is 6.04 Å². The van der Waals surface area contributed by atoms with Gasteiger partial charge in [0.05, 0.1) is 0 Å². The predicted molar refractivity (Wildman–Crippen MR) is 68.7 cm³/mol. The molecule has 16 heavy (non-hydrogen) atoms. The lowest BCUT2D eigenvalue weighted by molar-refractivity contribution is 0.358. The molecule has 0 aliphatic carbocycles. The topological polar surface area (TPSA) is 37.8 Å². The van der Waals surface area contributed by atoms with E-state index in [1.165, 1.54) is 0 Å². The lowest BCUT2D eigenvalue weighted by atomic mass is 9.88. The second kappa shape index (κ2) is 4.81. The fourth-order valence-corrected chi connectivity index (χ4v) is 1.32. The molecule has 0 bridgehead atoms. The van der Waals surface area contributed by atoms with Crippen molar-refractivity contribution in [3.05, 3.63) is 17.6 Å². The maximum Gasteiger partial charge on any atom is 0.130 e. The summed E-state index contributed by atoms with van der Waals surface area (Å²) in [7, 11) is 0. The van der Waals surface area contributed by atoms with Crippen LogP contribution < -0.4 is 5.32 Å². The number of hydrogen-bond donors (Lipinski definition) is 1. The molecule has 0 spiro atoms.